The van der Waals surface area contributed by atoms with Crippen molar-refractivity contribution in [3.05, 3.63) is 70.3 Å². The minimum Gasteiger partial charge on any atom is -0.496 e. The van der Waals surface area contributed by atoms with E-state index in [1.165, 1.54) is 6.08 Å². The van der Waals surface area contributed by atoms with Crippen molar-refractivity contribution < 1.29 is 14.3 Å². The molecule has 2 aromatic carbocycles. The summed E-state index contributed by atoms with van der Waals surface area (Å²) in [7, 11) is 1.55. The lowest BCUT2D eigenvalue weighted by Gasteiger charge is -2.31. The Kier molecular flexibility index (Phi) is 8.43. The average molecular weight is 452 g/mol. The van der Waals surface area contributed by atoms with Crippen LogP contribution in [-0.2, 0) is 4.79 Å². The summed E-state index contributed by atoms with van der Waals surface area (Å²) < 4.78 is 5.27. The number of ketones is 1. The zero-order valence-electron chi connectivity index (χ0n) is 18.0. The standard InChI is InChI=1S/C25H26ClN3O3/c1-32-23-8-2-18(17-27)16-21(23)5-9-24(30)28-12-15-29-13-10-20(11-14-29)25(31)19-3-6-22(26)7-4-19/h2-9,16,20H,10-15H2,1H3,(H,28,30)/b9-5+. The molecule has 1 aliphatic rings. The highest BCUT2D eigenvalue weighted by Crippen LogP contribution is 2.23. The van der Waals surface area contributed by atoms with Crippen molar-refractivity contribution in [3.8, 4) is 11.8 Å². The molecular weight excluding hydrogens is 426 g/mol. The van der Waals surface area contributed by atoms with Gasteiger partial charge in [-0.1, -0.05) is 11.6 Å². The summed E-state index contributed by atoms with van der Waals surface area (Å²) >= 11 is 5.90. The van der Waals surface area contributed by atoms with Crippen molar-refractivity contribution in [3.63, 3.8) is 0 Å². The van der Waals surface area contributed by atoms with E-state index in [1.54, 1.807) is 55.7 Å². The lowest BCUT2D eigenvalue weighted by molar-refractivity contribution is -0.116. The Labute approximate surface area is 193 Å². The molecule has 0 aliphatic carbocycles. The van der Waals surface area contributed by atoms with Crippen LogP contribution in [0.5, 0.6) is 5.75 Å². The summed E-state index contributed by atoms with van der Waals surface area (Å²) in [5.74, 6) is 0.603. The van der Waals surface area contributed by atoms with Crippen LogP contribution < -0.4 is 10.1 Å². The normalized spacial score (nSPS) is 14.8. The van der Waals surface area contributed by atoms with Gasteiger partial charge in [-0.2, -0.15) is 5.26 Å². The molecule has 2 aromatic rings. The van der Waals surface area contributed by atoms with Gasteiger partial charge in [-0.15, -0.1) is 0 Å². The number of rotatable bonds is 8. The van der Waals surface area contributed by atoms with Gasteiger partial charge in [-0.05, 0) is 74.5 Å². The SMILES string of the molecule is COc1ccc(C#N)cc1/C=C/C(=O)NCCN1CCC(C(=O)c2ccc(Cl)cc2)CC1. The van der Waals surface area contributed by atoms with Gasteiger partial charge in [0.1, 0.15) is 5.75 Å². The molecule has 0 saturated carbocycles. The van der Waals surface area contributed by atoms with Crippen LogP contribution in [0.25, 0.3) is 6.08 Å². The van der Waals surface area contributed by atoms with Crippen molar-refractivity contribution in [1.29, 1.82) is 5.26 Å². The summed E-state index contributed by atoms with van der Waals surface area (Å²) in [5.41, 5.74) is 1.89. The molecule has 6 nitrogen and oxygen atoms in total. The highest BCUT2D eigenvalue weighted by atomic mass is 35.5. The second kappa shape index (κ2) is 11.5. The largest absolute Gasteiger partial charge is 0.496 e. The highest BCUT2D eigenvalue weighted by Gasteiger charge is 2.25. The summed E-state index contributed by atoms with van der Waals surface area (Å²) in [4.78, 5) is 27.1. The molecule has 1 amide bonds. The maximum absolute atomic E-state index is 12.6. The Morgan fingerprint density at radius 1 is 1.22 bits per heavy atom. The molecule has 1 saturated heterocycles. The molecule has 0 atom stereocenters. The van der Waals surface area contributed by atoms with Crippen LogP contribution in [0.15, 0.2) is 48.5 Å². The number of benzene rings is 2. The number of likely N-dealkylation sites (tertiary alicyclic amines) is 1. The van der Waals surface area contributed by atoms with Crippen LogP contribution in [0.1, 0.15) is 34.3 Å². The fraction of sp³-hybridized carbons (Fsp3) is 0.320. The Morgan fingerprint density at radius 3 is 2.59 bits per heavy atom. The van der Waals surface area contributed by atoms with E-state index in [0.717, 1.165) is 32.5 Å². The average Bonchev–Trinajstić information content (AvgIpc) is 2.83. The zero-order chi connectivity index (χ0) is 22.9. The van der Waals surface area contributed by atoms with Gasteiger partial charge >= 0.3 is 0 Å². The molecule has 32 heavy (non-hydrogen) atoms. The number of nitrogens with zero attached hydrogens (tertiary/aromatic N) is 2. The second-order valence-electron chi connectivity index (χ2n) is 7.68. The van der Waals surface area contributed by atoms with Crippen LogP contribution in [0.2, 0.25) is 5.02 Å². The third-order valence-corrected chi connectivity index (χ3v) is 5.84. The van der Waals surface area contributed by atoms with E-state index in [-0.39, 0.29) is 17.6 Å². The topological polar surface area (TPSA) is 82.4 Å². The van der Waals surface area contributed by atoms with Crippen molar-refractivity contribution >= 4 is 29.4 Å². The molecule has 0 spiro atoms. The molecule has 1 aliphatic heterocycles. The number of hydrogen-bond donors (Lipinski definition) is 1. The molecule has 0 radical (unpaired) electrons. The minimum absolute atomic E-state index is 0.0316. The summed E-state index contributed by atoms with van der Waals surface area (Å²) in [6.45, 7) is 2.91. The maximum Gasteiger partial charge on any atom is 0.244 e. The van der Waals surface area contributed by atoms with Crippen LogP contribution in [-0.4, -0.2) is 49.9 Å². The summed E-state index contributed by atoms with van der Waals surface area (Å²) in [6.07, 6.45) is 4.70. The van der Waals surface area contributed by atoms with Gasteiger partial charge in [0.2, 0.25) is 5.91 Å². The monoisotopic (exact) mass is 451 g/mol. The predicted octanol–water partition coefficient (Wildman–Crippen LogP) is 3.94. The molecule has 0 bridgehead atoms. The van der Waals surface area contributed by atoms with Crippen molar-refractivity contribution in [2.24, 2.45) is 5.92 Å². The lowest BCUT2D eigenvalue weighted by atomic mass is 9.89. The first-order valence-electron chi connectivity index (χ1n) is 10.6. The van der Waals surface area contributed by atoms with Crippen LogP contribution in [0.4, 0.5) is 0 Å². The van der Waals surface area contributed by atoms with E-state index >= 15 is 0 Å². The van der Waals surface area contributed by atoms with Crippen LogP contribution >= 0.6 is 11.6 Å². The smallest absolute Gasteiger partial charge is 0.244 e. The van der Waals surface area contributed by atoms with Crippen LogP contribution in [0.3, 0.4) is 0 Å². The van der Waals surface area contributed by atoms with Crippen molar-refractivity contribution in [2.75, 3.05) is 33.3 Å². The third kappa shape index (κ3) is 6.43. The fourth-order valence-electron chi connectivity index (χ4n) is 3.76. The number of methoxy groups -OCH3 is 1. The molecule has 3 rings (SSSR count). The molecule has 0 unspecified atom stereocenters. The summed E-state index contributed by atoms with van der Waals surface area (Å²) in [5, 5.41) is 12.5. The number of nitrogens with one attached hydrogen (secondary N) is 1. The van der Waals surface area contributed by atoms with E-state index in [2.05, 4.69) is 16.3 Å². The van der Waals surface area contributed by atoms with E-state index in [9.17, 15) is 9.59 Å². The zero-order valence-corrected chi connectivity index (χ0v) is 18.8. The first kappa shape index (κ1) is 23.5. The van der Waals surface area contributed by atoms with E-state index in [4.69, 9.17) is 21.6 Å². The quantitative estimate of drug-likeness (QED) is 0.485. The highest BCUT2D eigenvalue weighted by molar-refractivity contribution is 6.30. The van der Waals surface area contributed by atoms with Crippen molar-refractivity contribution in [1.82, 2.24) is 10.2 Å². The molecular formula is C25H26ClN3O3. The Hall–Kier alpha value is -3.14. The number of carbonyl (C=O) groups excluding carboxylic acids is 2. The number of Topliss-reactive ketones (excluding diaryl/α,β-unsaturated/α-hetero) is 1. The number of piperidine rings is 1. The van der Waals surface area contributed by atoms with Gasteiger partial charge in [-0.25, -0.2) is 0 Å². The first-order chi connectivity index (χ1) is 15.5. The Balaban J connectivity index is 1.41. The maximum atomic E-state index is 12.6. The lowest BCUT2D eigenvalue weighted by Crippen LogP contribution is -2.40. The third-order valence-electron chi connectivity index (χ3n) is 5.59. The van der Waals surface area contributed by atoms with Gasteiger partial charge in [0.05, 0.1) is 18.7 Å². The molecule has 1 N–H and O–H groups in total. The van der Waals surface area contributed by atoms with E-state index < -0.39 is 0 Å². The van der Waals surface area contributed by atoms with Gasteiger partial charge in [0, 0.05) is 41.2 Å². The molecule has 1 fully saturated rings. The number of carbonyl (C=O) groups is 2. The number of ether oxygens (including phenoxy) is 1. The molecule has 7 heteroatoms. The Morgan fingerprint density at radius 2 is 1.94 bits per heavy atom. The van der Waals surface area contributed by atoms with E-state index in [1.807, 2.05) is 0 Å². The number of halogens is 1. The Bertz CT molecular complexity index is 1020. The molecule has 0 aromatic heterocycles. The summed E-state index contributed by atoms with van der Waals surface area (Å²) in [6, 6.07) is 14.2. The van der Waals surface area contributed by atoms with Crippen molar-refractivity contribution in [2.45, 2.75) is 12.8 Å². The molecule has 1 heterocycles. The number of hydrogen-bond acceptors (Lipinski definition) is 5. The number of nitriles is 1. The second-order valence-corrected chi connectivity index (χ2v) is 8.12. The predicted molar refractivity (Wildman–Crippen MR) is 125 cm³/mol. The minimum atomic E-state index is -0.206. The van der Waals surface area contributed by atoms with Crippen LogP contribution in [0, 0.1) is 17.2 Å². The van der Waals surface area contributed by atoms with E-state index in [0.29, 0.717) is 34.0 Å². The van der Waals surface area contributed by atoms with Gasteiger partial charge in [0.25, 0.3) is 0 Å². The van der Waals surface area contributed by atoms with Gasteiger partial charge < -0.3 is 15.0 Å². The first-order valence-corrected chi connectivity index (χ1v) is 10.9. The fourth-order valence-corrected chi connectivity index (χ4v) is 3.89. The van der Waals surface area contributed by atoms with Gasteiger partial charge in [-0.3, -0.25) is 9.59 Å². The van der Waals surface area contributed by atoms with Gasteiger partial charge in [0.15, 0.2) is 5.78 Å². The molecule has 166 valence electrons. The number of amides is 1.